The first-order valence-electron chi connectivity index (χ1n) is 4.33. The van der Waals surface area contributed by atoms with Crippen LogP contribution in [0.3, 0.4) is 0 Å². The lowest BCUT2D eigenvalue weighted by Crippen LogP contribution is -2.35. The number of hydrogen-bond donors (Lipinski definition) is 2. The van der Waals surface area contributed by atoms with Gasteiger partial charge in [-0.05, 0) is 19.4 Å². The maximum atomic E-state index is 10.7. The lowest BCUT2D eigenvalue weighted by atomic mass is 10.2. The van der Waals surface area contributed by atoms with E-state index in [1.54, 1.807) is 0 Å². The molecule has 1 amide bonds. The third-order valence-electron chi connectivity index (χ3n) is 1.90. The van der Waals surface area contributed by atoms with E-state index in [2.05, 4.69) is 17.6 Å². The smallest absolute Gasteiger partial charge is 0.220 e. The molecule has 0 radical (unpaired) electrons. The lowest BCUT2D eigenvalue weighted by molar-refractivity contribution is -0.119. The Bertz CT molecular complexity index is 136. The zero-order chi connectivity index (χ0) is 8.10. The molecule has 0 bridgehead atoms. The van der Waals surface area contributed by atoms with Crippen molar-refractivity contribution in [2.45, 2.75) is 32.2 Å². The van der Waals surface area contributed by atoms with Crippen LogP contribution in [-0.4, -0.2) is 25.0 Å². The molecule has 1 rings (SSSR count). The van der Waals surface area contributed by atoms with E-state index in [4.69, 9.17) is 0 Å². The minimum atomic E-state index is 0.202. The van der Waals surface area contributed by atoms with Crippen molar-refractivity contribution in [3.05, 3.63) is 0 Å². The van der Waals surface area contributed by atoms with Crippen molar-refractivity contribution >= 4 is 5.91 Å². The normalized spacial score (nSPS) is 23.7. The number of amides is 1. The van der Waals surface area contributed by atoms with Gasteiger partial charge in [-0.25, -0.2) is 0 Å². The van der Waals surface area contributed by atoms with E-state index in [0.29, 0.717) is 12.5 Å². The van der Waals surface area contributed by atoms with Crippen molar-refractivity contribution < 1.29 is 4.79 Å². The molecule has 1 aliphatic heterocycles. The van der Waals surface area contributed by atoms with Crippen LogP contribution >= 0.6 is 0 Å². The Morgan fingerprint density at radius 2 is 2.55 bits per heavy atom. The van der Waals surface area contributed by atoms with Gasteiger partial charge in [-0.15, -0.1) is 0 Å². The van der Waals surface area contributed by atoms with Crippen molar-refractivity contribution in [1.29, 1.82) is 0 Å². The van der Waals surface area contributed by atoms with E-state index in [-0.39, 0.29) is 5.91 Å². The van der Waals surface area contributed by atoms with Crippen LogP contribution in [0.5, 0.6) is 0 Å². The summed E-state index contributed by atoms with van der Waals surface area (Å²) in [5.41, 5.74) is 0. The largest absolute Gasteiger partial charge is 0.352 e. The molecule has 0 spiro atoms. The first-order valence-corrected chi connectivity index (χ1v) is 4.33. The summed E-state index contributed by atoms with van der Waals surface area (Å²) in [6, 6.07) is 0.383. The summed E-state index contributed by atoms with van der Waals surface area (Å²) in [7, 11) is 0. The second kappa shape index (κ2) is 4.34. The van der Waals surface area contributed by atoms with Crippen LogP contribution < -0.4 is 10.6 Å². The van der Waals surface area contributed by atoms with Crippen LogP contribution in [0.15, 0.2) is 0 Å². The van der Waals surface area contributed by atoms with Gasteiger partial charge in [0.15, 0.2) is 0 Å². The minimum Gasteiger partial charge on any atom is -0.352 e. The average molecular weight is 156 g/mol. The fourth-order valence-corrected chi connectivity index (χ4v) is 1.28. The Labute approximate surface area is 67.5 Å². The Balaban J connectivity index is 2.04. The molecule has 0 saturated carbocycles. The summed E-state index contributed by atoms with van der Waals surface area (Å²) in [4.78, 5) is 10.7. The molecular weight excluding hydrogens is 140 g/mol. The standard InChI is InChI=1S/C8H16N2O/c1-2-5-9-6-7-3-4-8(11)10-7/h7,9H,2-6H2,1H3,(H,10,11)/t7-/m0/s1. The summed E-state index contributed by atoms with van der Waals surface area (Å²) < 4.78 is 0. The summed E-state index contributed by atoms with van der Waals surface area (Å²) in [5.74, 6) is 0.202. The maximum Gasteiger partial charge on any atom is 0.220 e. The monoisotopic (exact) mass is 156 g/mol. The van der Waals surface area contributed by atoms with Crippen LogP contribution in [0.25, 0.3) is 0 Å². The highest BCUT2D eigenvalue weighted by Crippen LogP contribution is 2.04. The van der Waals surface area contributed by atoms with Crippen LogP contribution in [0.4, 0.5) is 0 Å². The highest BCUT2D eigenvalue weighted by Gasteiger charge is 2.19. The van der Waals surface area contributed by atoms with Crippen molar-refractivity contribution in [1.82, 2.24) is 10.6 Å². The van der Waals surface area contributed by atoms with Gasteiger partial charge in [0.2, 0.25) is 5.91 Å². The first kappa shape index (κ1) is 8.53. The second-order valence-electron chi connectivity index (χ2n) is 3.01. The Kier molecular flexibility index (Phi) is 3.36. The number of nitrogens with one attached hydrogen (secondary N) is 2. The second-order valence-corrected chi connectivity index (χ2v) is 3.01. The van der Waals surface area contributed by atoms with Crippen molar-refractivity contribution in [3.8, 4) is 0 Å². The molecule has 64 valence electrons. The van der Waals surface area contributed by atoms with Gasteiger partial charge in [0.1, 0.15) is 0 Å². The van der Waals surface area contributed by atoms with Gasteiger partial charge >= 0.3 is 0 Å². The molecule has 3 nitrogen and oxygen atoms in total. The van der Waals surface area contributed by atoms with E-state index in [1.165, 1.54) is 0 Å². The molecule has 0 aliphatic carbocycles. The van der Waals surface area contributed by atoms with Crippen molar-refractivity contribution in [2.75, 3.05) is 13.1 Å². The molecule has 0 aromatic heterocycles. The van der Waals surface area contributed by atoms with E-state index in [1.807, 2.05) is 0 Å². The van der Waals surface area contributed by atoms with Gasteiger partial charge in [0, 0.05) is 19.0 Å². The quantitative estimate of drug-likeness (QED) is 0.573. The van der Waals surface area contributed by atoms with Crippen LogP contribution in [0.2, 0.25) is 0 Å². The fourth-order valence-electron chi connectivity index (χ4n) is 1.28. The molecule has 0 aromatic rings. The third-order valence-corrected chi connectivity index (χ3v) is 1.90. The van der Waals surface area contributed by atoms with E-state index in [0.717, 1.165) is 25.9 Å². The average Bonchev–Trinajstić information content (AvgIpc) is 2.37. The van der Waals surface area contributed by atoms with Crippen LogP contribution in [0, 0.1) is 0 Å². The van der Waals surface area contributed by atoms with Crippen LogP contribution in [-0.2, 0) is 4.79 Å². The molecule has 1 atom stereocenters. The van der Waals surface area contributed by atoms with E-state index in [9.17, 15) is 4.79 Å². The Hall–Kier alpha value is -0.570. The van der Waals surface area contributed by atoms with Crippen molar-refractivity contribution in [3.63, 3.8) is 0 Å². The molecular formula is C8H16N2O. The summed E-state index contributed by atoms with van der Waals surface area (Å²) >= 11 is 0. The minimum absolute atomic E-state index is 0.202. The van der Waals surface area contributed by atoms with E-state index >= 15 is 0 Å². The summed E-state index contributed by atoms with van der Waals surface area (Å²) in [6.45, 7) is 4.12. The fraction of sp³-hybridized carbons (Fsp3) is 0.875. The van der Waals surface area contributed by atoms with Crippen molar-refractivity contribution in [2.24, 2.45) is 0 Å². The number of carbonyl (C=O) groups is 1. The number of hydrogen-bond acceptors (Lipinski definition) is 2. The number of rotatable bonds is 4. The highest BCUT2D eigenvalue weighted by molar-refractivity contribution is 5.78. The molecule has 1 saturated heterocycles. The molecule has 1 fully saturated rings. The topological polar surface area (TPSA) is 41.1 Å². The molecule has 11 heavy (non-hydrogen) atoms. The summed E-state index contributed by atoms with van der Waals surface area (Å²) in [6.07, 6.45) is 2.86. The molecule has 3 heteroatoms. The van der Waals surface area contributed by atoms with Gasteiger partial charge in [-0.3, -0.25) is 4.79 Å². The van der Waals surface area contributed by atoms with E-state index < -0.39 is 0 Å². The summed E-state index contributed by atoms with van der Waals surface area (Å²) in [5, 5.41) is 6.19. The van der Waals surface area contributed by atoms with Gasteiger partial charge in [-0.1, -0.05) is 6.92 Å². The lowest BCUT2D eigenvalue weighted by Gasteiger charge is -2.09. The third kappa shape index (κ3) is 2.89. The number of carbonyl (C=O) groups excluding carboxylic acids is 1. The maximum absolute atomic E-state index is 10.7. The molecule has 0 unspecified atom stereocenters. The Morgan fingerprint density at radius 1 is 1.73 bits per heavy atom. The van der Waals surface area contributed by atoms with Gasteiger partial charge in [0.05, 0.1) is 0 Å². The zero-order valence-corrected chi connectivity index (χ0v) is 7.02. The molecule has 0 aromatic carbocycles. The molecule has 1 aliphatic rings. The predicted octanol–water partition coefficient (Wildman–Crippen LogP) is 0.265. The highest BCUT2D eigenvalue weighted by atomic mass is 16.1. The molecule has 1 heterocycles. The molecule has 2 N–H and O–H groups in total. The van der Waals surface area contributed by atoms with Crippen LogP contribution in [0.1, 0.15) is 26.2 Å². The zero-order valence-electron chi connectivity index (χ0n) is 7.02. The van der Waals surface area contributed by atoms with Gasteiger partial charge in [0.25, 0.3) is 0 Å². The Morgan fingerprint density at radius 3 is 3.09 bits per heavy atom. The van der Waals surface area contributed by atoms with Gasteiger partial charge in [-0.2, -0.15) is 0 Å². The first-order chi connectivity index (χ1) is 5.33. The van der Waals surface area contributed by atoms with Gasteiger partial charge < -0.3 is 10.6 Å². The SMILES string of the molecule is CCCNC[C@@H]1CCC(=O)N1. The predicted molar refractivity (Wildman–Crippen MR) is 44.3 cm³/mol.